The van der Waals surface area contributed by atoms with E-state index in [2.05, 4.69) is 6.07 Å². The first-order chi connectivity index (χ1) is 10.1. The van der Waals surface area contributed by atoms with Crippen LogP contribution in [0.2, 0.25) is 5.02 Å². The first-order valence-electron chi connectivity index (χ1n) is 7.08. The number of hydrogen-bond donors (Lipinski definition) is 1. The number of fused-ring (bicyclic) bond motifs is 1. The highest BCUT2D eigenvalue weighted by Crippen LogP contribution is 2.31. The molecule has 1 aliphatic carbocycles. The Kier molecular flexibility index (Phi) is 4.13. The summed E-state index contributed by atoms with van der Waals surface area (Å²) in [6.07, 6.45) is 3.19. The maximum absolute atomic E-state index is 13.6. The van der Waals surface area contributed by atoms with Crippen LogP contribution in [0.4, 0.5) is 4.39 Å². The average molecular weight is 306 g/mol. The summed E-state index contributed by atoms with van der Waals surface area (Å²) in [6.45, 7) is 0.153. The van der Waals surface area contributed by atoms with Crippen LogP contribution in [-0.4, -0.2) is 0 Å². The molecule has 2 nitrogen and oxygen atoms in total. The van der Waals surface area contributed by atoms with E-state index in [1.54, 1.807) is 6.07 Å². The summed E-state index contributed by atoms with van der Waals surface area (Å²) in [5.41, 5.74) is 9.01. The third-order valence-electron chi connectivity index (χ3n) is 3.88. The van der Waals surface area contributed by atoms with Gasteiger partial charge < -0.3 is 10.5 Å². The molecule has 2 aromatic rings. The molecule has 4 heteroatoms. The fourth-order valence-electron chi connectivity index (χ4n) is 2.72. The number of benzene rings is 2. The van der Waals surface area contributed by atoms with Gasteiger partial charge in [-0.1, -0.05) is 17.7 Å². The molecule has 2 aromatic carbocycles. The summed E-state index contributed by atoms with van der Waals surface area (Å²) in [5.74, 6) is 0.402. The second-order valence-corrected chi connectivity index (χ2v) is 5.82. The first-order valence-corrected chi connectivity index (χ1v) is 7.46. The highest BCUT2D eigenvalue weighted by Gasteiger charge is 2.17. The summed E-state index contributed by atoms with van der Waals surface area (Å²) < 4.78 is 19.3. The zero-order valence-electron chi connectivity index (χ0n) is 11.6. The summed E-state index contributed by atoms with van der Waals surface area (Å²) in [4.78, 5) is 0. The van der Waals surface area contributed by atoms with E-state index < -0.39 is 0 Å². The van der Waals surface area contributed by atoms with Crippen LogP contribution in [-0.2, 0) is 13.0 Å². The summed E-state index contributed by atoms with van der Waals surface area (Å²) in [6, 6.07) is 10.5. The van der Waals surface area contributed by atoms with Gasteiger partial charge in [0.05, 0.1) is 0 Å². The fourth-order valence-corrected chi connectivity index (χ4v) is 2.91. The normalized spacial score (nSPS) is 17.4. The Hall–Kier alpha value is -1.58. The van der Waals surface area contributed by atoms with E-state index in [9.17, 15) is 4.39 Å². The molecule has 0 aliphatic heterocycles. The zero-order chi connectivity index (χ0) is 14.8. The SMILES string of the molecule is NC1CCCc2ccc(OCc3cc(Cl)ccc3F)cc21. The van der Waals surface area contributed by atoms with Crippen molar-refractivity contribution in [1.82, 2.24) is 0 Å². The number of rotatable bonds is 3. The molecule has 0 amide bonds. The van der Waals surface area contributed by atoms with E-state index in [4.69, 9.17) is 22.1 Å². The van der Waals surface area contributed by atoms with E-state index >= 15 is 0 Å². The molecule has 0 bridgehead atoms. The first kappa shape index (κ1) is 14.4. The van der Waals surface area contributed by atoms with Crippen LogP contribution >= 0.6 is 11.6 Å². The quantitative estimate of drug-likeness (QED) is 0.912. The molecule has 1 unspecified atom stereocenters. The largest absolute Gasteiger partial charge is 0.489 e. The predicted octanol–water partition coefficient (Wildman–Crippen LogP) is 4.39. The Bertz CT molecular complexity index is 659. The van der Waals surface area contributed by atoms with Gasteiger partial charge in [0.15, 0.2) is 0 Å². The second-order valence-electron chi connectivity index (χ2n) is 5.38. The standard InChI is InChI=1S/C17H17ClFNO/c18-13-5-7-16(19)12(8-13)10-21-14-6-4-11-2-1-3-17(20)15(11)9-14/h4-9,17H,1-3,10,20H2. The van der Waals surface area contributed by atoms with Crippen molar-refractivity contribution < 1.29 is 9.13 Å². The van der Waals surface area contributed by atoms with Gasteiger partial charge in [-0.15, -0.1) is 0 Å². The van der Waals surface area contributed by atoms with Crippen LogP contribution in [0.3, 0.4) is 0 Å². The maximum atomic E-state index is 13.6. The van der Waals surface area contributed by atoms with Crippen molar-refractivity contribution in [2.24, 2.45) is 5.73 Å². The van der Waals surface area contributed by atoms with Crippen molar-refractivity contribution in [3.63, 3.8) is 0 Å². The Morgan fingerprint density at radius 2 is 2.10 bits per heavy atom. The number of halogens is 2. The maximum Gasteiger partial charge on any atom is 0.129 e. The summed E-state index contributed by atoms with van der Waals surface area (Å²) in [5, 5.41) is 0.502. The lowest BCUT2D eigenvalue weighted by atomic mass is 9.88. The lowest BCUT2D eigenvalue weighted by Gasteiger charge is -2.22. The minimum Gasteiger partial charge on any atom is -0.489 e. The highest BCUT2D eigenvalue weighted by molar-refractivity contribution is 6.30. The topological polar surface area (TPSA) is 35.2 Å². The van der Waals surface area contributed by atoms with Gasteiger partial charge in [-0.05, 0) is 60.7 Å². The number of aryl methyl sites for hydroxylation is 1. The van der Waals surface area contributed by atoms with Crippen LogP contribution in [0, 0.1) is 5.82 Å². The Morgan fingerprint density at radius 3 is 2.95 bits per heavy atom. The third kappa shape index (κ3) is 3.20. The molecule has 2 N–H and O–H groups in total. The molecular formula is C17H17ClFNO. The molecule has 0 radical (unpaired) electrons. The van der Waals surface area contributed by atoms with Crippen molar-refractivity contribution in [2.75, 3.05) is 0 Å². The van der Waals surface area contributed by atoms with Gasteiger partial charge in [-0.25, -0.2) is 4.39 Å². The van der Waals surface area contributed by atoms with Crippen molar-refractivity contribution >= 4 is 11.6 Å². The van der Waals surface area contributed by atoms with Crippen LogP contribution in [0.15, 0.2) is 36.4 Å². The molecule has 1 aliphatic rings. The van der Waals surface area contributed by atoms with Gasteiger partial charge in [0.1, 0.15) is 18.2 Å². The fraction of sp³-hybridized carbons (Fsp3) is 0.294. The van der Waals surface area contributed by atoms with Crippen molar-refractivity contribution in [1.29, 1.82) is 0 Å². The molecule has 0 aromatic heterocycles. The van der Waals surface area contributed by atoms with Gasteiger partial charge in [0.2, 0.25) is 0 Å². The monoisotopic (exact) mass is 305 g/mol. The zero-order valence-corrected chi connectivity index (χ0v) is 12.4. The molecule has 3 rings (SSSR count). The average Bonchev–Trinajstić information content (AvgIpc) is 2.49. The van der Waals surface area contributed by atoms with Gasteiger partial charge in [0, 0.05) is 16.6 Å². The van der Waals surface area contributed by atoms with Gasteiger partial charge in [-0.3, -0.25) is 0 Å². The third-order valence-corrected chi connectivity index (χ3v) is 4.12. The Balaban J connectivity index is 1.76. The van der Waals surface area contributed by atoms with Gasteiger partial charge in [0.25, 0.3) is 0 Å². The van der Waals surface area contributed by atoms with E-state index in [1.165, 1.54) is 17.7 Å². The van der Waals surface area contributed by atoms with Crippen LogP contribution < -0.4 is 10.5 Å². The van der Waals surface area contributed by atoms with Crippen molar-refractivity contribution in [3.8, 4) is 5.75 Å². The van der Waals surface area contributed by atoms with Crippen LogP contribution in [0.25, 0.3) is 0 Å². The molecule has 0 saturated heterocycles. The van der Waals surface area contributed by atoms with Crippen LogP contribution in [0.5, 0.6) is 5.75 Å². The van der Waals surface area contributed by atoms with Crippen molar-refractivity contribution in [3.05, 3.63) is 63.9 Å². The van der Waals surface area contributed by atoms with Crippen molar-refractivity contribution in [2.45, 2.75) is 31.9 Å². The van der Waals surface area contributed by atoms with Crippen LogP contribution in [0.1, 0.15) is 35.6 Å². The molecular weight excluding hydrogens is 289 g/mol. The smallest absolute Gasteiger partial charge is 0.129 e. The molecule has 0 heterocycles. The molecule has 0 fully saturated rings. The van der Waals surface area contributed by atoms with E-state index in [1.807, 2.05) is 12.1 Å². The molecule has 110 valence electrons. The lowest BCUT2D eigenvalue weighted by Crippen LogP contribution is -2.17. The molecule has 0 spiro atoms. The summed E-state index contributed by atoms with van der Waals surface area (Å²) in [7, 11) is 0. The minimum atomic E-state index is -0.311. The van der Waals surface area contributed by atoms with Gasteiger partial charge >= 0.3 is 0 Å². The van der Waals surface area contributed by atoms with E-state index in [0.717, 1.165) is 24.8 Å². The predicted molar refractivity (Wildman–Crippen MR) is 82.1 cm³/mol. The Labute approximate surface area is 128 Å². The molecule has 21 heavy (non-hydrogen) atoms. The Morgan fingerprint density at radius 1 is 1.24 bits per heavy atom. The number of nitrogens with two attached hydrogens (primary N) is 1. The summed E-state index contributed by atoms with van der Waals surface area (Å²) >= 11 is 5.87. The van der Waals surface area contributed by atoms with E-state index in [0.29, 0.717) is 16.3 Å². The highest BCUT2D eigenvalue weighted by atomic mass is 35.5. The lowest BCUT2D eigenvalue weighted by molar-refractivity contribution is 0.299. The number of ether oxygens (including phenoxy) is 1. The molecule has 0 saturated carbocycles. The van der Waals surface area contributed by atoms with Gasteiger partial charge in [-0.2, -0.15) is 0 Å². The minimum absolute atomic E-state index is 0.0696. The number of hydrogen-bond acceptors (Lipinski definition) is 2. The van der Waals surface area contributed by atoms with E-state index in [-0.39, 0.29) is 18.5 Å². The second kappa shape index (κ2) is 6.04. The molecule has 1 atom stereocenters.